The third-order valence-electron chi connectivity index (χ3n) is 6.57. The molecule has 0 radical (unpaired) electrons. The summed E-state index contributed by atoms with van der Waals surface area (Å²) in [7, 11) is -1.84. The highest BCUT2D eigenvalue weighted by atomic mass is 28.4. The predicted molar refractivity (Wildman–Crippen MR) is 112 cm³/mol. The second kappa shape index (κ2) is 7.83. The summed E-state index contributed by atoms with van der Waals surface area (Å²) in [6.07, 6.45) is 0.966. The molecule has 0 heterocycles. The molecule has 1 saturated carbocycles. The van der Waals surface area contributed by atoms with Crippen LogP contribution in [0, 0.1) is 11.8 Å². The number of rotatable bonds is 7. The van der Waals surface area contributed by atoms with E-state index in [9.17, 15) is 0 Å². The van der Waals surface area contributed by atoms with Crippen molar-refractivity contribution >= 4 is 22.3 Å². The van der Waals surface area contributed by atoms with Crippen LogP contribution in [0.25, 0.3) is 0 Å². The van der Waals surface area contributed by atoms with E-state index in [1.807, 2.05) is 0 Å². The minimum Gasteiger partial charge on any atom is -0.417 e. The first-order valence-electron chi connectivity index (χ1n) is 9.50. The van der Waals surface area contributed by atoms with E-state index in [-0.39, 0.29) is 10.1 Å². The minimum absolute atomic E-state index is 0.225. The fourth-order valence-electron chi connectivity index (χ4n) is 2.35. The Morgan fingerprint density at radius 3 is 1.72 bits per heavy atom. The van der Waals surface area contributed by atoms with Gasteiger partial charge in [-0.05, 0) is 48.6 Å². The molecule has 2 atom stereocenters. The standard InChI is InChI=1S/C19H41NO3Si2/c1-18(2,3)24(8,9)22-13-15-12-17(20-21-7)16(15)14-23-25(10,11)19(4,5)6/h15-16H,12-14H2,1-11H3. The quantitative estimate of drug-likeness (QED) is 0.417. The monoisotopic (exact) mass is 387 g/mol. The van der Waals surface area contributed by atoms with Gasteiger partial charge in [-0.2, -0.15) is 0 Å². The molecule has 0 aromatic rings. The third kappa shape index (κ3) is 5.65. The lowest BCUT2D eigenvalue weighted by molar-refractivity contribution is 0.126. The largest absolute Gasteiger partial charge is 0.417 e. The molecule has 1 fully saturated rings. The zero-order valence-corrected chi connectivity index (χ0v) is 20.4. The van der Waals surface area contributed by atoms with Crippen molar-refractivity contribution < 1.29 is 13.7 Å². The van der Waals surface area contributed by atoms with Gasteiger partial charge in [0.15, 0.2) is 16.6 Å². The molecule has 2 unspecified atom stereocenters. The summed E-state index contributed by atoms with van der Waals surface area (Å²) in [6.45, 7) is 24.5. The van der Waals surface area contributed by atoms with Crippen LogP contribution < -0.4 is 0 Å². The lowest BCUT2D eigenvalue weighted by atomic mass is 9.73. The van der Waals surface area contributed by atoms with Crippen LogP contribution in [0.1, 0.15) is 48.0 Å². The van der Waals surface area contributed by atoms with Gasteiger partial charge in [0, 0.05) is 19.1 Å². The first-order valence-corrected chi connectivity index (χ1v) is 15.3. The van der Waals surface area contributed by atoms with Crippen molar-refractivity contribution in [3.8, 4) is 0 Å². The van der Waals surface area contributed by atoms with Crippen LogP contribution in [-0.4, -0.2) is 42.7 Å². The predicted octanol–water partition coefficient (Wildman–Crippen LogP) is 5.67. The van der Waals surface area contributed by atoms with Crippen LogP contribution in [0.3, 0.4) is 0 Å². The zero-order chi connectivity index (χ0) is 19.7. The van der Waals surface area contributed by atoms with E-state index in [2.05, 4.69) is 72.9 Å². The summed E-state index contributed by atoms with van der Waals surface area (Å²) in [5.41, 5.74) is 1.13. The van der Waals surface area contributed by atoms with Crippen LogP contribution in [0.2, 0.25) is 36.3 Å². The van der Waals surface area contributed by atoms with Crippen LogP contribution in [0.15, 0.2) is 5.16 Å². The molecule has 1 aliphatic carbocycles. The van der Waals surface area contributed by atoms with E-state index < -0.39 is 16.6 Å². The molecule has 4 nitrogen and oxygen atoms in total. The average Bonchev–Trinajstić information content (AvgIpc) is 2.39. The van der Waals surface area contributed by atoms with Crippen molar-refractivity contribution in [1.82, 2.24) is 0 Å². The van der Waals surface area contributed by atoms with Crippen molar-refractivity contribution in [2.45, 2.75) is 84.2 Å². The number of hydrogen-bond donors (Lipinski definition) is 0. The maximum Gasteiger partial charge on any atom is 0.192 e. The molecule has 0 aliphatic heterocycles. The summed E-state index contributed by atoms with van der Waals surface area (Å²) in [5.74, 6) is 0.826. The lowest BCUT2D eigenvalue weighted by Gasteiger charge is -2.44. The van der Waals surface area contributed by atoms with Gasteiger partial charge in [0.2, 0.25) is 0 Å². The van der Waals surface area contributed by atoms with Crippen LogP contribution in [-0.2, 0) is 13.7 Å². The van der Waals surface area contributed by atoms with E-state index in [1.54, 1.807) is 7.11 Å². The van der Waals surface area contributed by atoms with Crippen molar-refractivity contribution in [3.63, 3.8) is 0 Å². The molecule has 148 valence electrons. The second-order valence-electron chi connectivity index (χ2n) is 10.5. The van der Waals surface area contributed by atoms with Gasteiger partial charge in [0.25, 0.3) is 0 Å². The summed E-state index contributed by atoms with van der Waals surface area (Å²) in [5, 5.41) is 4.69. The Labute approximate surface area is 158 Å². The Bertz CT molecular complexity index is 476. The molecule has 0 aromatic carbocycles. The summed E-state index contributed by atoms with van der Waals surface area (Å²) < 4.78 is 12.9. The lowest BCUT2D eigenvalue weighted by Crippen LogP contribution is -2.50. The van der Waals surface area contributed by atoms with Gasteiger partial charge in [0.1, 0.15) is 7.11 Å². The summed E-state index contributed by atoms with van der Waals surface area (Å²) in [6, 6.07) is 0. The van der Waals surface area contributed by atoms with Gasteiger partial charge < -0.3 is 13.7 Å². The van der Waals surface area contributed by atoms with Gasteiger partial charge in [-0.15, -0.1) is 0 Å². The molecular weight excluding hydrogens is 346 g/mol. The van der Waals surface area contributed by atoms with E-state index in [0.717, 1.165) is 25.3 Å². The Morgan fingerprint density at radius 1 is 0.880 bits per heavy atom. The van der Waals surface area contributed by atoms with Gasteiger partial charge in [-0.1, -0.05) is 46.7 Å². The fourth-order valence-corrected chi connectivity index (χ4v) is 4.44. The molecular formula is C19H41NO3Si2. The van der Waals surface area contributed by atoms with E-state index in [1.165, 1.54) is 0 Å². The molecule has 25 heavy (non-hydrogen) atoms. The molecule has 1 rings (SSSR count). The highest BCUT2D eigenvalue weighted by Gasteiger charge is 2.44. The van der Waals surface area contributed by atoms with Gasteiger partial charge in [-0.25, -0.2) is 0 Å². The molecule has 0 spiro atoms. The van der Waals surface area contributed by atoms with Crippen molar-refractivity contribution in [2.75, 3.05) is 20.3 Å². The molecule has 0 N–H and O–H groups in total. The van der Waals surface area contributed by atoms with Crippen LogP contribution in [0.4, 0.5) is 0 Å². The summed E-state index contributed by atoms with van der Waals surface area (Å²) in [4.78, 5) is 5.03. The number of hydrogen-bond acceptors (Lipinski definition) is 4. The first-order chi connectivity index (χ1) is 11.1. The summed E-state index contributed by atoms with van der Waals surface area (Å²) >= 11 is 0. The molecule has 0 amide bonds. The SMILES string of the molecule is CON=C1CC(CO[Si](C)(C)C(C)(C)C)C1CO[Si](C)(C)C(C)(C)C. The highest BCUT2D eigenvalue weighted by molar-refractivity contribution is 6.74. The maximum atomic E-state index is 6.46. The van der Waals surface area contributed by atoms with Crippen molar-refractivity contribution in [2.24, 2.45) is 17.0 Å². The number of nitrogens with zero attached hydrogens (tertiary/aromatic N) is 1. The molecule has 6 heteroatoms. The molecule has 0 bridgehead atoms. The van der Waals surface area contributed by atoms with E-state index in [4.69, 9.17) is 13.7 Å². The fraction of sp³-hybridized carbons (Fsp3) is 0.947. The molecule has 0 saturated heterocycles. The molecule has 0 aromatic heterocycles. The Kier molecular flexibility index (Phi) is 7.16. The zero-order valence-electron chi connectivity index (χ0n) is 18.4. The van der Waals surface area contributed by atoms with Crippen molar-refractivity contribution in [3.05, 3.63) is 0 Å². The first kappa shape index (κ1) is 22.9. The Hall–Kier alpha value is -0.176. The maximum absolute atomic E-state index is 6.46. The topological polar surface area (TPSA) is 40.0 Å². The number of oxime groups is 1. The van der Waals surface area contributed by atoms with Gasteiger partial charge >= 0.3 is 0 Å². The van der Waals surface area contributed by atoms with Gasteiger partial charge in [0.05, 0.1) is 5.71 Å². The highest BCUT2D eigenvalue weighted by Crippen LogP contribution is 2.41. The Balaban J connectivity index is 2.71. The van der Waals surface area contributed by atoms with Crippen LogP contribution >= 0.6 is 0 Å². The van der Waals surface area contributed by atoms with Gasteiger partial charge in [-0.3, -0.25) is 0 Å². The minimum atomic E-state index is -1.75. The van der Waals surface area contributed by atoms with Crippen molar-refractivity contribution in [1.29, 1.82) is 0 Å². The third-order valence-corrected chi connectivity index (χ3v) is 15.6. The average molecular weight is 388 g/mol. The second-order valence-corrected chi connectivity index (χ2v) is 20.1. The molecule has 1 aliphatic rings. The van der Waals surface area contributed by atoms with E-state index >= 15 is 0 Å². The van der Waals surface area contributed by atoms with Crippen LogP contribution in [0.5, 0.6) is 0 Å². The normalized spacial score (nSPS) is 24.4. The smallest absolute Gasteiger partial charge is 0.192 e. The van der Waals surface area contributed by atoms with E-state index in [0.29, 0.717) is 11.8 Å². The Morgan fingerprint density at radius 2 is 1.32 bits per heavy atom.